The van der Waals surface area contributed by atoms with E-state index in [1.54, 1.807) is 4.58 Å². The third kappa shape index (κ3) is 4.15. The van der Waals surface area contributed by atoms with E-state index < -0.39 is 0 Å². The summed E-state index contributed by atoms with van der Waals surface area (Å²) in [6.45, 7) is 0. The van der Waals surface area contributed by atoms with E-state index in [-0.39, 0.29) is 12.4 Å². The number of ether oxygens (including phenoxy) is 1. The van der Waals surface area contributed by atoms with Crippen LogP contribution in [0.1, 0.15) is 0 Å². The fourth-order valence-corrected chi connectivity index (χ4v) is 0.766. The highest BCUT2D eigenvalue weighted by Crippen LogP contribution is 2.09. The van der Waals surface area contributed by atoms with Crippen molar-refractivity contribution in [3.63, 3.8) is 0 Å². The van der Waals surface area contributed by atoms with Crippen LogP contribution in [-0.4, -0.2) is 24.0 Å². The summed E-state index contributed by atoms with van der Waals surface area (Å²) in [5.41, 5.74) is 0. The number of para-hydroxylation sites is 1. The van der Waals surface area contributed by atoms with Crippen LogP contribution in [0, 0.1) is 0 Å². The van der Waals surface area contributed by atoms with Gasteiger partial charge in [-0.2, -0.15) is 4.58 Å². The third-order valence-electron chi connectivity index (χ3n) is 1.30. The lowest BCUT2D eigenvalue weighted by molar-refractivity contribution is -0.469. The molecule has 0 N–H and O–H groups in total. The Balaban J connectivity index is 0.00000144. The predicted octanol–water partition coefficient (Wildman–Crippen LogP) is -1.06. The first kappa shape index (κ1) is 12.3. The van der Waals surface area contributed by atoms with Crippen molar-refractivity contribution in [1.29, 1.82) is 0 Å². The van der Waals surface area contributed by atoms with Gasteiger partial charge in [0.25, 0.3) is 0 Å². The Morgan fingerprint density at radius 1 is 1.23 bits per heavy atom. The molecule has 13 heavy (non-hydrogen) atoms. The minimum absolute atomic E-state index is 0. The minimum Gasteiger partial charge on any atom is -1.00 e. The molecule has 0 aromatic heterocycles. The van der Waals surface area contributed by atoms with Crippen LogP contribution < -0.4 is 17.1 Å². The lowest BCUT2D eigenvalue weighted by Gasteiger charge is -1.98. The summed E-state index contributed by atoms with van der Waals surface area (Å²) in [4.78, 5) is 0. The standard InChI is InChI=1S/C9H11ClNO.ClH/c1-11(2)9(10)12-8-6-4-3-5-7-8;/h3-7H,1-2H3;1H/q+1;/p-1. The van der Waals surface area contributed by atoms with Crippen LogP contribution in [0.2, 0.25) is 0 Å². The van der Waals surface area contributed by atoms with Gasteiger partial charge < -0.3 is 17.1 Å². The summed E-state index contributed by atoms with van der Waals surface area (Å²) in [6.07, 6.45) is 0. The van der Waals surface area contributed by atoms with Gasteiger partial charge in [-0.05, 0) is 12.1 Å². The molecule has 0 radical (unpaired) electrons. The molecule has 0 aliphatic heterocycles. The van der Waals surface area contributed by atoms with Gasteiger partial charge in [-0.25, -0.2) is 0 Å². The van der Waals surface area contributed by atoms with Crippen LogP contribution in [0.3, 0.4) is 0 Å². The van der Waals surface area contributed by atoms with Crippen molar-refractivity contribution in [3.05, 3.63) is 30.3 Å². The smallest absolute Gasteiger partial charge is 0.444 e. The lowest BCUT2D eigenvalue weighted by Crippen LogP contribution is -3.00. The van der Waals surface area contributed by atoms with Crippen LogP contribution in [0.4, 0.5) is 0 Å². The van der Waals surface area contributed by atoms with Gasteiger partial charge in [0.05, 0.1) is 0 Å². The Bertz CT molecular complexity index is 281. The SMILES string of the molecule is C[N+](C)=C(Cl)Oc1ccccc1.[Cl-]. The Hall–Kier alpha value is -0.730. The highest BCUT2D eigenvalue weighted by Gasteiger charge is 2.04. The molecule has 1 rings (SSSR count). The minimum atomic E-state index is 0. The second-order valence-electron chi connectivity index (χ2n) is 2.56. The van der Waals surface area contributed by atoms with Crippen molar-refractivity contribution in [2.75, 3.05) is 14.1 Å². The Morgan fingerprint density at radius 3 is 2.23 bits per heavy atom. The second-order valence-corrected chi connectivity index (χ2v) is 2.89. The van der Waals surface area contributed by atoms with Crippen molar-refractivity contribution >= 4 is 17.0 Å². The number of hydrogen-bond donors (Lipinski definition) is 0. The van der Waals surface area contributed by atoms with Crippen molar-refractivity contribution in [2.45, 2.75) is 0 Å². The Labute approximate surface area is 89.2 Å². The normalized spacial score (nSPS) is 8.54. The quantitative estimate of drug-likeness (QED) is 0.334. The topological polar surface area (TPSA) is 12.2 Å². The molecule has 72 valence electrons. The molecule has 0 bridgehead atoms. The third-order valence-corrected chi connectivity index (χ3v) is 1.71. The number of rotatable bonds is 1. The lowest BCUT2D eigenvalue weighted by atomic mass is 10.3. The van der Waals surface area contributed by atoms with E-state index in [1.807, 2.05) is 44.4 Å². The Morgan fingerprint density at radius 2 is 1.77 bits per heavy atom. The molecule has 4 heteroatoms. The molecular formula is C9H11Cl2NO. The molecule has 0 atom stereocenters. The fraction of sp³-hybridized carbons (Fsp3) is 0.222. The number of nitrogens with zero attached hydrogens (tertiary/aromatic N) is 1. The number of benzene rings is 1. The maximum Gasteiger partial charge on any atom is 0.444 e. The largest absolute Gasteiger partial charge is 1.00 e. The molecule has 1 aromatic carbocycles. The van der Waals surface area contributed by atoms with Gasteiger partial charge in [0.1, 0.15) is 19.8 Å². The van der Waals surface area contributed by atoms with Crippen LogP contribution >= 0.6 is 11.6 Å². The molecule has 0 heterocycles. The van der Waals surface area contributed by atoms with Crippen molar-refractivity contribution in [3.8, 4) is 5.75 Å². The van der Waals surface area contributed by atoms with E-state index in [9.17, 15) is 0 Å². The van der Waals surface area contributed by atoms with Gasteiger partial charge in [0.15, 0.2) is 0 Å². The molecule has 0 aliphatic rings. The summed E-state index contributed by atoms with van der Waals surface area (Å²) in [7, 11) is 3.65. The molecular weight excluding hydrogens is 209 g/mol. The first-order chi connectivity index (χ1) is 5.70. The molecule has 0 fully saturated rings. The summed E-state index contributed by atoms with van der Waals surface area (Å²) >= 11 is 5.77. The first-order valence-corrected chi connectivity index (χ1v) is 4.00. The summed E-state index contributed by atoms with van der Waals surface area (Å²) < 4.78 is 6.99. The summed E-state index contributed by atoms with van der Waals surface area (Å²) in [6, 6.07) is 9.43. The first-order valence-electron chi connectivity index (χ1n) is 3.63. The van der Waals surface area contributed by atoms with Gasteiger partial charge >= 0.3 is 5.36 Å². The molecule has 0 saturated heterocycles. The summed E-state index contributed by atoms with van der Waals surface area (Å²) in [5, 5.41) is 0.362. The van der Waals surface area contributed by atoms with Gasteiger partial charge in [0.2, 0.25) is 0 Å². The van der Waals surface area contributed by atoms with E-state index in [2.05, 4.69) is 0 Å². The molecule has 0 unspecified atom stereocenters. The second kappa shape index (κ2) is 5.84. The van der Waals surface area contributed by atoms with Crippen LogP contribution in [0.5, 0.6) is 5.75 Å². The summed E-state index contributed by atoms with van der Waals surface area (Å²) in [5.74, 6) is 0.746. The zero-order valence-corrected chi connectivity index (χ0v) is 9.01. The Kier molecular flexibility index (Phi) is 5.51. The van der Waals surface area contributed by atoms with E-state index in [4.69, 9.17) is 16.3 Å². The van der Waals surface area contributed by atoms with E-state index >= 15 is 0 Å². The maximum absolute atomic E-state index is 5.77. The number of hydrogen-bond acceptors (Lipinski definition) is 1. The van der Waals surface area contributed by atoms with Gasteiger partial charge in [-0.15, -0.1) is 0 Å². The highest BCUT2D eigenvalue weighted by atomic mass is 35.5. The average molecular weight is 220 g/mol. The van der Waals surface area contributed by atoms with Crippen LogP contribution in [0.25, 0.3) is 0 Å². The van der Waals surface area contributed by atoms with Gasteiger partial charge in [-0.3, -0.25) is 0 Å². The predicted molar refractivity (Wildman–Crippen MR) is 50.0 cm³/mol. The molecule has 2 nitrogen and oxygen atoms in total. The van der Waals surface area contributed by atoms with Crippen molar-refractivity contribution in [2.24, 2.45) is 0 Å². The molecule has 1 aromatic rings. The molecule has 0 saturated carbocycles. The van der Waals surface area contributed by atoms with E-state index in [0.29, 0.717) is 5.36 Å². The molecule has 0 amide bonds. The number of halogens is 2. The highest BCUT2D eigenvalue weighted by molar-refractivity contribution is 6.61. The zero-order chi connectivity index (χ0) is 8.97. The van der Waals surface area contributed by atoms with Gasteiger partial charge in [0, 0.05) is 11.6 Å². The molecule has 0 spiro atoms. The van der Waals surface area contributed by atoms with E-state index in [0.717, 1.165) is 5.75 Å². The zero-order valence-electron chi connectivity index (χ0n) is 7.50. The molecule has 0 aliphatic carbocycles. The van der Waals surface area contributed by atoms with E-state index in [1.165, 1.54) is 0 Å². The fourth-order valence-electron chi connectivity index (χ4n) is 0.677. The monoisotopic (exact) mass is 219 g/mol. The van der Waals surface area contributed by atoms with Crippen LogP contribution in [0.15, 0.2) is 30.3 Å². The van der Waals surface area contributed by atoms with Gasteiger partial charge in [-0.1, -0.05) is 18.2 Å². The average Bonchev–Trinajstić information content (AvgIpc) is 2.06. The van der Waals surface area contributed by atoms with Crippen molar-refractivity contribution in [1.82, 2.24) is 0 Å². The van der Waals surface area contributed by atoms with Crippen molar-refractivity contribution < 1.29 is 21.7 Å². The van der Waals surface area contributed by atoms with Crippen LogP contribution in [-0.2, 0) is 0 Å². The maximum atomic E-state index is 5.77.